The predicted molar refractivity (Wildman–Crippen MR) is 49.7 cm³/mol. The number of quaternary nitrogens is 1. The standard InChI is InChI=1S/C6H6O3S.CH2N4/c7-10(8,9)6-4-2-1-3-5-6;1-2-4-5-3-1/h1-5H,(H,7,8,9);1H,(H,2,3,4,5). The molecule has 0 aliphatic carbocycles. The third-order valence-corrected chi connectivity index (χ3v) is 2.18. The quantitative estimate of drug-likeness (QED) is 0.514. The van der Waals surface area contributed by atoms with Crippen LogP contribution in [0.5, 0.6) is 0 Å². The fraction of sp³-hybridized carbons (Fsp3) is 0. The molecule has 0 saturated heterocycles. The Hall–Kier alpha value is -1.64. The van der Waals surface area contributed by atoms with Crippen molar-refractivity contribution in [2.75, 3.05) is 0 Å². The summed E-state index contributed by atoms with van der Waals surface area (Å²) in [7, 11) is -4.25. The van der Waals surface area contributed by atoms with Gasteiger partial charge in [0.25, 0.3) is 0 Å². The fourth-order valence-electron chi connectivity index (χ4n) is 0.736. The molecule has 0 bridgehead atoms. The Morgan fingerprint density at radius 3 is 2.13 bits per heavy atom. The zero-order valence-electron chi connectivity index (χ0n) is 7.52. The summed E-state index contributed by atoms with van der Waals surface area (Å²) in [5, 5.41) is 9.94. The molecular formula is C7H8N4O3S. The summed E-state index contributed by atoms with van der Waals surface area (Å²) in [6.07, 6.45) is 1.53. The molecule has 2 rings (SSSR count). The number of hydrogen-bond acceptors (Lipinski definition) is 6. The van der Waals surface area contributed by atoms with Gasteiger partial charge in [0, 0.05) is 5.22 Å². The van der Waals surface area contributed by atoms with Crippen molar-refractivity contribution < 1.29 is 18.4 Å². The van der Waals surface area contributed by atoms with E-state index in [1.807, 2.05) is 0 Å². The number of nitrogens with zero attached hydrogens (tertiary/aromatic N) is 3. The lowest BCUT2D eigenvalue weighted by atomic mass is 10.4. The lowest BCUT2D eigenvalue weighted by molar-refractivity contribution is -0.538. The first-order valence-corrected chi connectivity index (χ1v) is 5.27. The molecule has 80 valence electrons. The van der Waals surface area contributed by atoms with Gasteiger partial charge in [-0.25, -0.2) is 8.42 Å². The van der Waals surface area contributed by atoms with Gasteiger partial charge in [0.2, 0.25) is 6.34 Å². The summed E-state index contributed by atoms with van der Waals surface area (Å²) in [5.74, 6) is 0. The SMILES string of the molecule is C1=NN=N[NH2+]1.O=S(=O)([O-])c1ccccc1. The molecule has 0 unspecified atom stereocenters. The monoisotopic (exact) mass is 228 g/mol. The van der Waals surface area contributed by atoms with Gasteiger partial charge in [-0.2, -0.15) is 5.43 Å². The third kappa shape index (κ3) is 4.40. The van der Waals surface area contributed by atoms with E-state index in [-0.39, 0.29) is 4.90 Å². The van der Waals surface area contributed by atoms with E-state index in [0.717, 1.165) is 0 Å². The van der Waals surface area contributed by atoms with Crippen molar-refractivity contribution in [2.24, 2.45) is 15.5 Å². The molecule has 0 saturated carbocycles. The molecule has 2 N–H and O–H groups in total. The van der Waals surface area contributed by atoms with Gasteiger partial charge in [-0.05, 0) is 12.1 Å². The minimum Gasteiger partial charge on any atom is -0.744 e. The Morgan fingerprint density at radius 1 is 1.20 bits per heavy atom. The van der Waals surface area contributed by atoms with Gasteiger partial charge in [0.15, 0.2) is 0 Å². The van der Waals surface area contributed by atoms with Gasteiger partial charge in [0.1, 0.15) is 10.1 Å². The van der Waals surface area contributed by atoms with Crippen molar-refractivity contribution in [1.29, 1.82) is 0 Å². The van der Waals surface area contributed by atoms with Crippen LogP contribution in [-0.4, -0.2) is 19.3 Å². The molecule has 1 aliphatic rings. The highest BCUT2D eigenvalue weighted by atomic mass is 32.2. The molecule has 0 amide bonds. The van der Waals surface area contributed by atoms with E-state index < -0.39 is 10.1 Å². The molecule has 7 nitrogen and oxygen atoms in total. The summed E-state index contributed by atoms with van der Waals surface area (Å²) in [6.45, 7) is 0. The minimum absolute atomic E-state index is 0.185. The summed E-state index contributed by atoms with van der Waals surface area (Å²) in [5.41, 5.74) is 1.53. The molecule has 0 radical (unpaired) electrons. The maximum Gasteiger partial charge on any atom is 0.236 e. The molecule has 15 heavy (non-hydrogen) atoms. The average Bonchev–Trinajstić information content (AvgIpc) is 2.76. The maximum atomic E-state index is 10.3. The molecule has 1 heterocycles. The maximum absolute atomic E-state index is 10.3. The second-order valence-electron chi connectivity index (χ2n) is 2.39. The van der Waals surface area contributed by atoms with Gasteiger partial charge in [-0.15, -0.1) is 0 Å². The third-order valence-electron chi connectivity index (χ3n) is 1.34. The fourth-order valence-corrected chi connectivity index (χ4v) is 1.23. The van der Waals surface area contributed by atoms with Crippen LogP contribution in [0.25, 0.3) is 0 Å². The van der Waals surface area contributed by atoms with Crippen LogP contribution in [0.15, 0.2) is 50.8 Å². The van der Waals surface area contributed by atoms with E-state index in [9.17, 15) is 13.0 Å². The van der Waals surface area contributed by atoms with Crippen LogP contribution >= 0.6 is 0 Å². The zero-order valence-corrected chi connectivity index (χ0v) is 8.33. The van der Waals surface area contributed by atoms with Crippen molar-refractivity contribution in [3.05, 3.63) is 30.3 Å². The Balaban J connectivity index is 0.000000187. The molecule has 0 aromatic heterocycles. The Labute approximate surface area is 86.3 Å². The zero-order chi connectivity index (χ0) is 11.1. The second-order valence-corrected chi connectivity index (χ2v) is 3.77. The van der Waals surface area contributed by atoms with Crippen molar-refractivity contribution in [3.8, 4) is 0 Å². The van der Waals surface area contributed by atoms with Crippen LogP contribution in [0, 0.1) is 0 Å². The van der Waals surface area contributed by atoms with Gasteiger partial charge >= 0.3 is 0 Å². The Kier molecular flexibility index (Phi) is 4.03. The van der Waals surface area contributed by atoms with Crippen molar-refractivity contribution >= 4 is 16.5 Å². The molecule has 0 spiro atoms. The topological polar surface area (TPSA) is 111 Å². The number of hydrogen-bond donors (Lipinski definition) is 1. The summed E-state index contributed by atoms with van der Waals surface area (Å²) < 4.78 is 30.8. The van der Waals surface area contributed by atoms with E-state index in [1.54, 1.807) is 6.07 Å². The predicted octanol–water partition coefficient (Wildman–Crippen LogP) is -0.535. The largest absolute Gasteiger partial charge is 0.744 e. The van der Waals surface area contributed by atoms with Crippen LogP contribution in [0.1, 0.15) is 0 Å². The van der Waals surface area contributed by atoms with E-state index >= 15 is 0 Å². The van der Waals surface area contributed by atoms with Crippen molar-refractivity contribution in [1.82, 2.24) is 0 Å². The van der Waals surface area contributed by atoms with Crippen LogP contribution in [0.4, 0.5) is 0 Å². The highest BCUT2D eigenvalue weighted by Gasteiger charge is 1.95. The molecule has 1 aliphatic heterocycles. The van der Waals surface area contributed by atoms with Crippen LogP contribution in [0.3, 0.4) is 0 Å². The molecule has 0 atom stereocenters. The van der Waals surface area contributed by atoms with Gasteiger partial charge < -0.3 is 4.55 Å². The van der Waals surface area contributed by atoms with Crippen molar-refractivity contribution in [3.63, 3.8) is 0 Å². The van der Waals surface area contributed by atoms with E-state index in [1.165, 1.54) is 36.0 Å². The minimum atomic E-state index is -4.25. The van der Waals surface area contributed by atoms with Gasteiger partial charge in [-0.1, -0.05) is 23.3 Å². The summed E-state index contributed by atoms with van der Waals surface area (Å²) in [4.78, 5) is -0.185. The number of nitrogens with two attached hydrogens (primary N) is 1. The van der Waals surface area contributed by atoms with Crippen LogP contribution in [-0.2, 0) is 10.1 Å². The van der Waals surface area contributed by atoms with Crippen LogP contribution in [0.2, 0.25) is 0 Å². The van der Waals surface area contributed by atoms with Crippen LogP contribution < -0.4 is 5.43 Å². The first kappa shape index (κ1) is 11.4. The first-order valence-electron chi connectivity index (χ1n) is 3.86. The smallest absolute Gasteiger partial charge is 0.236 e. The summed E-state index contributed by atoms with van der Waals surface area (Å²) >= 11 is 0. The normalized spacial score (nSPS) is 13.4. The highest BCUT2D eigenvalue weighted by molar-refractivity contribution is 7.85. The number of rotatable bonds is 1. The lowest BCUT2D eigenvalue weighted by Gasteiger charge is -2.04. The molecule has 1 aromatic rings. The van der Waals surface area contributed by atoms with Gasteiger partial charge in [0.05, 0.1) is 10.1 Å². The molecule has 8 heteroatoms. The second kappa shape index (κ2) is 5.29. The molecular weight excluding hydrogens is 220 g/mol. The average molecular weight is 228 g/mol. The first-order chi connectivity index (χ1) is 7.11. The highest BCUT2D eigenvalue weighted by Crippen LogP contribution is 2.04. The van der Waals surface area contributed by atoms with E-state index in [2.05, 4.69) is 15.5 Å². The number of benzene rings is 1. The van der Waals surface area contributed by atoms with E-state index in [4.69, 9.17) is 0 Å². The summed E-state index contributed by atoms with van der Waals surface area (Å²) in [6, 6.07) is 7.19. The molecule has 1 aromatic carbocycles. The Morgan fingerprint density at radius 2 is 1.87 bits per heavy atom. The Bertz CT molecular complexity index is 444. The van der Waals surface area contributed by atoms with Crippen molar-refractivity contribution in [2.45, 2.75) is 4.90 Å². The van der Waals surface area contributed by atoms with E-state index in [0.29, 0.717) is 0 Å². The van der Waals surface area contributed by atoms with Gasteiger partial charge in [-0.3, -0.25) is 0 Å². The lowest BCUT2D eigenvalue weighted by Crippen LogP contribution is -2.74. The molecule has 0 fully saturated rings.